The molecule has 1 rings (SSSR count). The summed E-state index contributed by atoms with van der Waals surface area (Å²) in [4.78, 5) is 3.77. The van der Waals surface area contributed by atoms with Gasteiger partial charge in [-0.1, -0.05) is 25.9 Å². The Morgan fingerprint density at radius 3 is 2.33 bits per heavy atom. The molecule has 1 atom stereocenters. The Balaban J connectivity index is 2.77. The van der Waals surface area contributed by atoms with Gasteiger partial charge in [0.15, 0.2) is 5.82 Å². The Kier molecular flexibility index (Phi) is 4.37. The summed E-state index contributed by atoms with van der Waals surface area (Å²) >= 11 is 0. The van der Waals surface area contributed by atoms with E-state index in [0.29, 0.717) is 6.42 Å². The van der Waals surface area contributed by atoms with Gasteiger partial charge in [0.2, 0.25) is 5.89 Å². The largest absolute Gasteiger partial charge is 0.396 e. The maximum Gasteiger partial charge on any atom is 0.396 e. The number of nitrogens with zero attached hydrogens (tertiary/aromatic N) is 2. The molecule has 4 nitrogen and oxygen atoms in total. The van der Waals surface area contributed by atoms with E-state index in [0.717, 1.165) is 0 Å². The quantitative estimate of drug-likeness (QED) is 0.909. The van der Waals surface area contributed by atoms with Gasteiger partial charge in [-0.05, 0) is 11.8 Å². The molecule has 0 aromatic carbocycles. The zero-order valence-corrected chi connectivity index (χ0v) is 10.7. The zero-order valence-electron chi connectivity index (χ0n) is 10.7. The molecule has 0 saturated heterocycles. The van der Waals surface area contributed by atoms with E-state index in [-0.39, 0.29) is 29.6 Å². The minimum Gasteiger partial charge on any atom is -0.339 e. The van der Waals surface area contributed by atoms with E-state index in [4.69, 9.17) is 10.3 Å². The SMILES string of the molecule is CC(C)(C)CC(CN)c1nc(CC(F)(F)F)no1. The monoisotopic (exact) mass is 265 g/mol. The standard InChI is InChI=1S/C11H18F3N3O/c1-10(2,3)4-7(6-15)9-16-8(17-18-9)5-11(12,13)14/h7H,4-6,15H2,1-3H3. The van der Waals surface area contributed by atoms with Gasteiger partial charge in [-0.3, -0.25) is 0 Å². The van der Waals surface area contributed by atoms with Crippen molar-refractivity contribution in [3.8, 4) is 0 Å². The van der Waals surface area contributed by atoms with Crippen LogP contribution in [0.25, 0.3) is 0 Å². The van der Waals surface area contributed by atoms with Crippen LogP contribution in [0.2, 0.25) is 0 Å². The Hall–Kier alpha value is -1.11. The summed E-state index contributed by atoms with van der Waals surface area (Å²) in [6, 6.07) is 0. The van der Waals surface area contributed by atoms with Crippen LogP contribution in [0.4, 0.5) is 13.2 Å². The van der Waals surface area contributed by atoms with Crippen molar-refractivity contribution in [3.05, 3.63) is 11.7 Å². The number of alkyl halides is 3. The lowest BCUT2D eigenvalue weighted by Crippen LogP contribution is -2.20. The average Bonchev–Trinajstić information content (AvgIpc) is 2.58. The van der Waals surface area contributed by atoms with E-state index in [1.807, 2.05) is 20.8 Å². The van der Waals surface area contributed by atoms with Gasteiger partial charge in [-0.2, -0.15) is 18.2 Å². The van der Waals surface area contributed by atoms with Gasteiger partial charge in [-0.25, -0.2) is 0 Å². The molecule has 0 aliphatic carbocycles. The van der Waals surface area contributed by atoms with Gasteiger partial charge >= 0.3 is 6.18 Å². The van der Waals surface area contributed by atoms with Crippen LogP contribution in [-0.2, 0) is 6.42 Å². The van der Waals surface area contributed by atoms with Crippen LogP contribution in [0.5, 0.6) is 0 Å². The minimum absolute atomic E-state index is 0.0112. The average molecular weight is 265 g/mol. The fourth-order valence-corrected chi connectivity index (χ4v) is 1.70. The number of hydrogen-bond acceptors (Lipinski definition) is 4. The van der Waals surface area contributed by atoms with E-state index >= 15 is 0 Å². The molecule has 0 fully saturated rings. The van der Waals surface area contributed by atoms with Gasteiger partial charge < -0.3 is 10.3 Å². The summed E-state index contributed by atoms with van der Waals surface area (Å²) in [5.74, 6) is -0.365. The highest BCUT2D eigenvalue weighted by Gasteiger charge is 2.31. The summed E-state index contributed by atoms with van der Waals surface area (Å²) in [6.07, 6.45) is -4.83. The maximum atomic E-state index is 12.2. The molecule has 0 radical (unpaired) electrons. The molecule has 1 heterocycles. The second-order valence-corrected chi connectivity index (χ2v) is 5.54. The van der Waals surface area contributed by atoms with E-state index in [1.54, 1.807) is 0 Å². The van der Waals surface area contributed by atoms with Gasteiger partial charge in [0.1, 0.15) is 6.42 Å². The van der Waals surface area contributed by atoms with E-state index in [2.05, 4.69) is 10.1 Å². The number of nitrogens with two attached hydrogens (primary N) is 1. The van der Waals surface area contributed by atoms with Crippen LogP contribution in [0, 0.1) is 5.41 Å². The second-order valence-electron chi connectivity index (χ2n) is 5.54. The molecule has 1 aromatic heterocycles. The lowest BCUT2D eigenvalue weighted by molar-refractivity contribution is -0.128. The lowest BCUT2D eigenvalue weighted by Gasteiger charge is -2.22. The molecule has 1 aromatic rings. The summed E-state index contributed by atoms with van der Waals surface area (Å²) in [5.41, 5.74) is 5.59. The Morgan fingerprint density at radius 1 is 1.28 bits per heavy atom. The van der Waals surface area contributed by atoms with E-state index < -0.39 is 12.6 Å². The van der Waals surface area contributed by atoms with Crippen molar-refractivity contribution >= 4 is 0 Å². The highest BCUT2D eigenvalue weighted by atomic mass is 19.4. The van der Waals surface area contributed by atoms with Crippen molar-refractivity contribution in [1.82, 2.24) is 10.1 Å². The first kappa shape index (κ1) is 14.9. The first-order valence-electron chi connectivity index (χ1n) is 5.70. The predicted molar refractivity (Wildman–Crippen MR) is 59.9 cm³/mol. The van der Waals surface area contributed by atoms with Crippen LogP contribution < -0.4 is 5.73 Å². The lowest BCUT2D eigenvalue weighted by atomic mass is 9.84. The molecule has 7 heteroatoms. The van der Waals surface area contributed by atoms with Gasteiger partial charge in [0.25, 0.3) is 0 Å². The van der Waals surface area contributed by atoms with Crippen molar-refractivity contribution in [3.63, 3.8) is 0 Å². The summed E-state index contributed by atoms with van der Waals surface area (Å²) < 4.78 is 41.3. The highest BCUT2D eigenvalue weighted by molar-refractivity contribution is 4.97. The summed E-state index contributed by atoms with van der Waals surface area (Å²) in [7, 11) is 0. The molecule has 2 N–H and O–H groups in total. The third kappa shape index (κ3) is 5.03. The second kappa shape index (κ2) is 5.26. The van der Waals surface area contributed by atoms with Crippen molar-refractivity contribution in [2.75, 3.05) is 6.54 Å². The predicted octanol–water partition coefficient (Wildman–Crippen LogP) is 2.65. The van der Waals surface area contributed by atoms with Crippen LogP contribution >= 0.6 is 0 Å². The Bertz CT molecular complexity index is 382. The maximum absolute atomic E-state index is 12.2. The van der Waals surface area contributed by atoms with Crippen LogP contribution in [0.3, 0.4) is 0 Å². The molecule has 18 heavy (non-hydrogen) atoms. The molecule has 0 aliphatic rings. The topological polar surface area (TPSA) is 64.9 Å². The fraction of sp³-hybridized carbons (Fsp3) is 0.818. The van der Waals surface area contributed by atoms with Crippen molar-refractivity contribution in [2.45, 2.75) is 45.7 Å². The zero-order chi connectivity index (χ0) is 14.0. The summed E-state index contributed by atoms with van der Waals surface area (Å²) in [5, 5.41) is 3.34. The fourth-order valence-electron chi connectivity index (χ4n) is 1.70. The van der Waals surface area contributed by atoms with Crippen molar-refractivity contribution in [1.29, 1.82) is 0 Å². The van der Waals surface area contributed by atoms with Gasteiger partial charge in [-0.15, -0.1) is 0 Å². The molecule has 0 amide bonds. The highest BCUT2D eigenvalue weighted by Crippen LogP contribution is 2.30. The first-order valence-corrected chi connectivity index (χ1v) is 5.70. The molecular weight excluding hydrogens is 247 g/mol. The molecule has 0 aliphatic heterocycles. The Labute approximate surface area is 104 Å². The molecule has 1 unspecified atom stereocenters. The number of aromatic nitrogens is 2. The van der Waals surface area contributed by atoms with Crippen LogP contribution in [0.15, 0.2) is 4.52 Å². The smallest absolute Gasteiger partial charge is 0.339 e. The van der Waals surface area contributed by atoms with Crippen LogP contribution in [-0.4, -0.2) is 22.9 Å². The van der Waals surface area contributed by atoms with E-state index in [1.165, 1.54) is 0 Å². The van der Waals surface area contributed by atoms with Crippen molar-refractivity contribution in [2.24, 2.45) is 11.1 Å². The number of halogens is 3. The number of hydrogen-bond donors (Lipinski definition) is 1. The van der Waals surface area contributed by atoms with Crippen LogP contribution in [0.1, 0.15) is 44.8 Å². The van der Waals surface area contributed by atoms with Gasteiger partial charge in [0, 0.05) is 6.54 Å². The first-order chi connectivity index (χ1) is 8.11. The molecule has 104 valence electrons. The summed E-state index contributed by atoms with van der Waals surface area (Å²) in [6.45, 7) is 6.32. The molecule has 0 saturated carbocycles. The number of rotatable bonds is 4. The normalized spacial score (nSPS) is 14.8. The minimum atomic E-state index is -4.33. The molecule has 0 spiro atoms. The Morgan fingerprint density at radius 2 is 1.89 bits per heavy atom. The van der Waals surface area contributed by atoms with Gasteiger partial charge in [0.05, 0.1) is 5.92 Å². The van der Waals surface area contributed by atoms with E-state index in [9.17, 15) is 13.2 Å². The molecular formula is C11H18F3N3O. The third-order valence-corrected chi connectivity index (χ3v) is 2.33. The van der Waals surface area contributed by atoms with Crippen molar-refractivity contribution < 1.29 is 17.7 Å². The molecule has 0 bridgehead atoms. The third-order valence-electron chi connectivity index (χ3n) is 2.33.